The molecule has 3 atom stereocenters. The second-order valence-electron chi connectivity index (χ2n) is 13.4. The van der Waals surface area contributed by atoms with Gasteiger partial charge in [-0.05, 0) is 81.4 Å². The van der Waals surface area contributed by atoms with Gasteiger partial charge in [0.2, 0.25) is 5.75 Å². The number of carbonyl (C=O) groups excluding carboxylic acids is 1. The third-order valence-corrected chi connectivity index (χ3v) is 12.3. The van der Waals surface area contributed by atoms with E-state index in [2.05, 4.69) is 39.2 Å². The summed E-state index contributed by atoms with van der Waals surface area (Å²) in [5, 5.41) is 13.4. The fourth-order valence-corrected chi connectivity index (χ4v) is 5.91. The number of aliphatic carboxylic acids is 1. The van der Waals surface area contributed by atoms with Crippen LogP contribution in [-0.2, 0) is 26.8 Å². The topological polar surface area (TPSA) is 113 Å². The number of carboxylic acids is 1. The number of methoxy groups -OCH3 is 3. The maximum Gasteiger partial charge on any atom is 0.407 e. The third-order valence-electron chi connectivity index (χ3n) is 7.77. The lowest BCUT2D eigenvalue weighted by atomic mass is 9.89. The molecule has 10 heteroatoms. The van der Waals surface area contributed by atoms with Gasteiger partial charge in [0.1, 0.15) is 5.60 Å². The molecule has 3 unspecified atom stereocenters. The van der Waals surface area contributed by atoms with Crippen LogP contribution in [0, 0.1) is 5.92 Å². The van der Waals surface area contributed by atoms with Gasteiger partial charge in [0.25, 0.3) is 0 Å². The molecule has 2 aromatic carbocycles. The molecule has 0 aliphatic rings. The van der Waals surface area contributed by atoms with Crippen LogP contribution in [0.2, 0.25) is 18.1 Å². The summed E-state index contributed by atoms with van der Waals surface area (Å²) in [6.07, 6.45) is -0.402. The quantitative estimate of drug-likeness (QED) is 0.221. The highest BCUT2D eigenvalue weighted by molar-refractivity contribution is 6.74. The predicted octanol–water partition coefficient (Wildman–Crippen LogP) is 6.87. The van der Waals surface area contributed by atoms with Crippen molar-refractivity contribution in [3.8, 4) is 17.2 Å². The fraction of sp³-hybridized carbons (Fsp3) is 0.576. The molecule has 0 heterocycles. The molecule has 9 nitrogen and oxygen atoms in total. The Hall–Kier alpha value is -3.24. The van der Waals surface area contributed by atoms with E-state index in [-0.39, 0.29) is 17.9 Å². The Balaban J connectivity index is 2.57. The first-order valence-electron chi connectivity index (χ1n) is 14.6. The van der Waals surface area contributed by atoms with Gasteiger partial charge < -0.3 is 33.8 Å². The van der Waals surface area contributed by atoms with Crippen LogP contribution in [0.5, 0.6) is 17.2 Å². The summed E-state index contributed by atoms with van der Waals surface area (Å²) in [4.78, 5) is 25.9. The van der Waals surface area contributed by atoms with E-state index in [0.717, 1.165) is 5.56 Å². The average molecular weight is 618 g/mol. The van der Waals surface area contributed by atoms with Crippen molar-refractivity contribution in [2.24, 2.45) is 5.92 Å². The summed E-state index contributed by atoms with van der Waals surface area (Å²) < 4.78 is 29.0. The summed E-state index contributed by atoms with van der Waals surface area (Å²) in [6.45, 7) is 16.1. The second kappa shape index (κ2) is 15.0. The van der Waals surface area contributed by atoms with E-state index in [1.165, 1.54) is 21.3 Å². The van der Waals surface area contributed by atoms with Gasteiger partial charge in [-0.25, -0.2) is 4.79 Å². The van der Waals surface area contributed by atoms with E-state index in [0.29, 0.717) is 29.2 Å². The summed E-state index contributed by atoms with van der Waals surface area (Å²) in [5.41, 5.74) is 1.00. The Morgan fingerprint density at radius 2 is 1.42 bits per heavy atom. The van der Waals surface area contributed by atoms with Crippen LogP contribution in [0.15, 0.2) is 42.5 Å². The first-order chi connectivity index (χ1) is 19.9. The van der Waals surface area contributed by atoms with Crippen molar-refractivity contribution in [1.29, 1.82) is 0 Å². The number of carboxylic acid groups (broad SMARTS) is 1. The lowest BCUT2D eigenvalue weighted by Gasteiger charge is -2.42. The lowest BCUT2D eigenvalue weighted by Crippen LogP contribution is -2.54. The first-order valence-corrected chi connectivity index (χ1v) is 17.5. The number of hydrogen-bond acceptors (Lipinski definition) is 7. The zero-order valence-electron chi connectivity index (χ0n) is 27.7. The summed E-state index contributed by atoms with van der Waals surface area (Å²) in [6, 6.07) is 12.8. The highest BCUT2D eigenvalue weighted by Gasteiger charge is 2.42. The van der Waals surface area contributed by atoms with Gasteiger partial charge in [0, 0.05) is 0 Å². The van der Waals surface area contributed by atoms with E-state index in [1.807, 2.05) is 30.3 Å². The molecule has 0 saturated carbocycles. The molecular weight excluding hydrogens is 566 g/mol. The molecule has 0 aliphatic heterocycles. The van der Waals surface area contributed by atoms with E-state index in [9.17, 15) is 14.7 Å². The number of hydrogen-bond donors (Lipinski definition) is 2. The Labute approximate surface area is 258 Å². The Kier molecular flexibility index (Phi) is 12.5. The van der Waals surface area contributed by atoms with Gasteiger partial charge in [-0.15, -0.1) is 0 Å². The van der Waals surface area contributed by atoms with Crippen molar-refractivity contribution >= 4 is 20.4 Å². The van der Waals surface area contributed by atoms with Gasteiger partial charge in [0.15, 0.2) is 19.8 Å². The molecular formula is C33H51NO8Si. The minimum atomic E-state index is -2.42. The number of amides is 1. The summed E-state index contributed by atoms with van der Waals surface area (Å²) >= 11 is 0. The van der Waals surface area contributed by atoms with Gasteiger partial charge in [0.05, 0.1) is 39.4 Å². The van der Waals surface area contributed by atoms with Crippen LogP contribution < -0.4 is 19.5 Å². The number of alkyl carbamates (subject to hydrolysis) is 1. The number of benzene rings is 2. The highest BCUT2D eigenvalue weighted by atomic mass is 28.4. The number of ether oxygens (including phenoxy) is 4. The van der Waals surface area contributed by atoms with Crippen molar-refractivity contribution in [1.82, 2.24) is 5.32 Å². The van der Waals surface area contributed by atoms with Crippen molar-refractivity contribution in [3.05, 3.63) is 53.6 Å². The molecule has 240 valence electrons. The van der Waals surface area contributed by atoms with Crippen LogP contribution >= 0.6 is 0 Å². The lowest BCUT2D eigenvalue weighted by molar-refractivity contribution is -0.142. The molecule has 0 aliphatic carbocycles. The Bertz CT molecular complexity index is 1180. The van der Waals surface area contributed by atoms with Gasteiger partial charge in [-0.2, -0.15) is 0 Å². The first kappa shape index (κ1) is 36.0. The maximum absolute atomic E-state index is 13.1. The SMILES string of the molecule is COc1cc(CC(CC(O[Si](C)(C)C(C)(C)C)C(Cc2ccccc2)NC(=O)OC(C)(C)C)C(=O)O)cc(OC)c1OC. The molecule has 0 aromatic heterocycles. The van der Waals surface area contributed by atoms with Gasteiger partial charge in [-0.3, -0.25) is 4.79 Å². The van der Waals surface area contributed by atoms with Crippen molar-refractivity contribution in [2.45, 2.75) is 96.7 Å². The third kappa shape index (κ3) is 10.8. The average Bonchev–Trinajstić information content (AvgIpc) is 2.89. The van der Waals surface area contributed by atoms with Crippen molar-refractivity contribution in [3.63, 3.8) is 0 Å². The van der Waals surface area contributed by atoms with Crippen molar-refractivity contribution in [2.75, 3.05) is 21.3 Å². The highest BCUT2D eigenvalue weighted by Crippen LogP contribution is 2.41. The zero-order valence-corrected chi connectivity index (χ0v) is 28.7. The minimum absolute atomic E-state index is 0.149. The Morgan fingerprint density at radius 1 is 0.860 bits per heavy atom. The maximum atomic E-state index is 13.1. The normalized spacial score (nSPS) is 14.3. The molecule has 0 saturated heterocycles. The van der Waals surface area contributed by atoms with Crippen LogP contribution in [0.1, 0.15) is 59.1 Å². The number of nitrogens with one attached hydrogen (secondary N) is 1. The molecule has 0 bridgehead atoms. The molecule has 2 N–H and O–H groups in total. The predicted molar refractivity (Wildman–Crippen MR) is 171 cm³/mol. The van der Waals surface area contributed by atoms with Crippen molar-refractivity contribution < 1.29 is 38.1 Å². The molecule has 2 aromatic rings. The largest absolute Gasteiger partial charge is 0.493 e. The van der Waals surface area contributed by atoms with E-state index in [4.69, 9.17) is 23.4 Å². The van der Waals surface area contributed by atoms with E-state index >= 15 is 0 Å². The number of carbonyl (C=O) groups is 2. The van der Waals surface area contributed by atoms with Gasteiger partial charge in [-0.1, -0.05) is 51.1 Å². The molecule has 43 heavy (non-hydrogen) atoms. The zero-order chi connectivity index (χ0) is 32.6. The van der Waals surface area contributed by atoms with E-state index in [1.54, 1.807) is 32.9 Å². The van der Waals surface area contributed by atoms with Crippen LogP contribution in [0.4, 0.5) is 4.79 Å². The smallest absolute Gasteiger partial charge is 0.407 e. The standard InChI is InChI=1S/C33H51NO8Si/c1-32(2,3)41-31(37)34-25(18-22-15-13-12-14-16-22)26(42-43(10,11)33(4,5)6)21-24(30(35)36)17-23-19-27(38-7)29(40-9)28(20-23)39-8/h12-16,19-20,24-26H,17-18,21H2,1-11H3,(H,34,37)(H,35,36). The molecule has 2 rings (SSSR count). The fourth-order valence-electron chi connectivity index (χ4n) is 4.54. The molecule has 0 spiro atoms. The monoisotopic (exact) mass is 617 g/mol. The second-order valence-corrected chi connectivity index (χ2v) is 18.1. The van der Waals surface area contributed by atoms with Gasteiger partial charge >= 0.3 is 12.1 Å². The molecule has 0 fully saturated rings. The van der Waals surface area contributed by atoms with Crippen LogP contribution in [0.3, 0.4) is 0 Å². The van der Waals surface area contributed by atoms with Crippen LogP contribution in [0.25, 0.3) is 0 Å². The molecule has 1 amide bonds. The van der Waals surface area contributed by atoms with E-state index < -0.39 is 44.0 Å². The summed E-state index contributed by atoms with van der Waals surface area (Å²) in [7, 11) is 2.14. The summed E-state index contributed by atoms with van der Waals surface area (Å²) in [5.74, 6) is -0.471. The Morgan fingerprint density at radius 3 is 1.86 bits per heavy atom. The number of rotatable bonds is 14. The minimum Gasteiger partial charge on any atom is -0.493 e. The molecule has 0 radical (unpaired) electrons. The van der Waals surface area contributed by atoms with Crippen LogP contribution in [-0.4, -0.2) is 64.6 Å².